The van der Waals surface area contributed by atoms with Gasteiger partial charge in [-0.1, -0.05) is 60.7 Å². The predicted molar refractivity (Wildman–Crippen MR) is 73.8 cm³/mol. The maximum absolute atomic E-state index is 3.42. The molecule has 0 amide bonds. The molecule has 1 aromatic heterocycles. The smallest absolute Gasteiger partial charge is 0.215 e. The molecule has 0 aliphatic heterocycles. The van der Waals surface area contributed by atoms with E-state index in [1.54, 1.807) is 0 Å². The number of aromatic amines is 1. The summed E-state index contributed by atoms with van der Waals surface area (Å²) in [5, 5.41) is 12.4. The second-order valence-electron chi connectivity index (χ2n) is 3.42. The van der Waals surface area contributed by atoms with Crippen LogP contribution in [0.3, 0.4) is 0 Å². The van der Waals surface area contributed by atoms with Crippen LogP contribution in [0.1, 0.15) is 0 Å². The van der Waals surface area contributed by atoms with E-state index in [2.05, 4.69) is 85.1 Å². The van der Waals surface area contributed by atoms with Gasteiger partial charge in [-0.3, -0.25) is 0 Å². The lowest BCUT2D eigenvalue weighted by Crippen LogP contribution is -1.73. The molecule has 0 saturated heterocycles. The van der Waals surface area contributed by atoms with Crippen LogP contribution in [0, 0.1) is 0 Å². The molecule has 0 unspecified atom stereocenters. The number of tetrazole rings is 1. The first-order chi connectivity index (χ1) is 8.86. The minimum absolute atomic E-state index is 0.558. The van der Waals surface area contributed by atoms with E-state index in [0.717, 1.165) is 0 Å². The van der Waals surface area contributed by atoms with Crippen molar-refractivity contribution in [3.8, 4) is 11.1 Å². The molecule has 1 heterocycles. The number of hydrogen-bond donors (Lipinski definition) is 1. The second kappa shape index (κ2) is 6.66. The van der Waals surface area contributed by atoms with Gasteiger partial charge in [0, 0.05) is 0 Å². The molecule has 4 nitrogen and oxygen atoms in total. The molecule has 0 atom stereocenters. The molecule has 0 radical (unpaired) electrons. The summed E-state index contributed by atoms with van der Waals surface area (Å²) >= 11 is 2.99. The average Bonchev–Trinajstić information content (AvgIpc) is 2.93. The van der Waals surface area contributed by atoms with Gasteiger partial charge in [0.15, 0.2) is 0 Å². The van der Waals surface area contributed by atoms with E-state index in [-0.39, 0.29) is 0 Å². The Balaban J connectivity index is 0.000000169. The number of rotatable bonds is 1. The van der Waals surface area contributed by atoms with Gasteiger partial charge in [-0.15, -0.1) is 5.10 Å². The van der Waals surface area contributed by atoms with Crippen LogP contribution in [0.2, 0.25) is 0 Å². The number of H-pyrrole nitrogens is 1. The first-order valence-electron chi connectivity index (χ1n) is 5.36. The Hall–Kier alpha value is -2.01. The SMILES string of the molecule is Brc1nnn[nH]1.c1ccc(-c2ccccc2)cc1. The third kappa shape index (κ3) is 3.78. The van der Waals surface area contributed by atoms with Gasteiger partial charge < -0.3 is 0 Å². The summed E-state index contributed by atoms with van der Waals surface area (Å²) < 4.78 is 0.558. The lowest BCUT2D eigenvalue weighted by atomic mass is 10.1. The van der Waals surface area contributed by atoms with E-state index < -0.39 is 0 Å². The van der Waals surface area contributed by atoms with Crippen molar-refractivity contribution in [2.45, 2.75) is 0 Å². The monoisotopic (exact) mass is 302 g/mol. The van der Waals surface area contributed by atoms with E-state index in [0.29, 0.717) is 4.73 Å². The van der Waals surface area contributed by atoms with E-state index in [4.69, 9.17) is 0 Å². The lowest BCUT2D eigenvalue weighted by Gasteiger charge is -1.98. The highest BCUT2D eigenvalue weighted by Gasteiger charge is 1.91. The minimum atomic E-state index is 0.558. The van der Waals surface area contributed by atoms with Gasteiger partial charge in [-0.05, 0) is 37.5 Å². The molecule has 18 heavy (non-hydrogen) atoms. The fourth-order valence-electron chi connectivity index (χ4n) is 1.41. The third-order valence-electron chi connectivity index (χ3n) is 2.20. The maximum Gasteiger partial charge on any atom is 0.215 e. The van der Waals surface area contributed by atoms with Gasteiger partial charge in [-0.25, -0.2) is 5.10 Å². The maximum atomic E-state index is 3.42. The van der Waals surface area contributed by atoms with Crippen molar-refractivity contribution in [2.24, 2.45) is 0 Å². The molecule has 0 saturated carbocycles. The number of nitrogens with zero attached hydrogens (tertiary/aromatic N) is 3. The molecule has 3 aromatic rings. The van der Waals surface area contributed by atoms with Crippen LogP contribution in [-0.4, -0.2) is 20.6 Å². The van der Waals surface area contributed by atoms with E-state index in [9.17, 15) is 0 Å². The zero-order chi connectivity index (χ0) is 12.6. The fraction of sp³-hybridized carbons (Fsp3) is 0. The first-order valence-corrected chi connectivity index (χ1v) is 6.15. The Morgan fingerprint density at radius 2 is 1.28 bits per heavy atom. The van der Waals surface area contributed by atoms with Crippen molar-refractivity contribution in [2.75, 3.05) is 0 Å². The average molecular weight is 303 g/mol. The van der Waals surface area contributed by atoms with Gasteiger partial charge >= 0.3 is 0 Å². The normalized spacial score (nSPS) is 9.39. The first kappa shape index (κ1) is 12.4. The van der Waals surface area contributed by atoms with Gasteiger partial charge in [0.1, 0.15) is 0 Å². The van der Waals surface area contributed by atoms with E-state index in [1.807, 2.05) is 12.1 Å². The summed E-state index contributed by atoms with van der Waals surface area (Å²) in [7, 11) is 0. The fourth-order valence-corrected chi connectivity index (χ4v) is 1.56. The van der Waals surface area contributed by atoms with Crippen LogP contribution in [0.5, 0.6) is 0 Å². The zero-order valence-electron chi connectivity index (χ0n) is 9.49. The van der Waals surface area contributed by atoms with Crippen LogP contribution in [0.25, 0.3) is 11.1 Å². The van der Waals surface area contributed by atoms with Gasteiger partial charge in [0.2, 0.25) is 4.73 Å². The molecule has 1 N–H and O–H groups in total. The van der Waals surface area contributed by atoms with Crippen molar-refractivity contribution in [3.05, 3.63) is 65.4 Å². The van der Waals surface area contributed by atoms with Crippen LogP contribution < -0.4 is 0 Å². The Morgan fingerprint density at radius 3 is 1.56 bits per heavy atom. The molecular weight excluding hydrogens is 292 g/mol. The molecule has 3 rings (SSSR count). The molecule has 0 aliphatic rings. The van der Waals surface area contributed by atoms with E-state index in [1.165, 1.54) is 11.1 Å². The number of benzene rings is 2. The van der Waals surface area contributed by atoms with Gasteiger partial charge in [0.05, 0.1) is 0 Å². The highest BCUT2D eigenvalue weighted by molar-refractivity contribution is 9.10. The summed E-state index contributed by atoms with van der Waals surface area (Å²) in [6.45, 7) is 0. The molecule has 0 bridgehead atoms. The van der Waals surface area contributed by atoms with Gasteiger partial charge in [0.25, 0.3) is 0 Å². The summed E-state index contributed by atoms with van der Waals surface area (Å²) in [6, 6.07) is 20.8. The van der Waals surface area contributed by atoms with Crippen molar-refractivity contribution >= 4 is 15.9 Å². The number of halogens is 1. The zero-order valence-corrected chi connectivity index (χ0v) is 11.1. The van der Waals surface area contributed by atoms with Crippen molar-refractivity contribution in [1.29, 1.82) is 0 Å². The Bertz CT molecular complexity index is 515. The summed E-state index contributed by atoms with van der Waals surface area (Å²) in [4.78, 5) is 0. The molecule has 2 aromatic carbocycles. The Kier molecular flexibility index (Phi) is 4.60. The molecule has 5 heteroatoms. The topological polar surface area (TPSA) is 54.5 Å². The lowest BCUT2D eigenvalue weighted by molar-refractivity contribution is 0.881. The second-order valence-corrected chi connectivity index (χ2v) is 4.18. The summed E-state index contributed by atoms with van der Waals surface area (Å²) in [5.74, 6) is 0. The molecular formula is C13H11BrN4. The van der Waals surface area contributed by atoms with Crippen LogP contribution in [0.4, 0.5) is 0 Å². The van der Waals surface area contributed by atoms with Gasteiger partial charge in [-0.2, -0.15) is 0 Å². The Labute approximate surface area is 113 Å². The number of hydrogen-bond acceptors (Lipinski definition) is 3. The summed E-state index contributed by atoms with van der Waals surface area (Å²) in [5.41, 5.74) is 2.55. The van der Waals surface area contributed by atoms with Crippen molar-refractivity contribution in [3.63, 3.8) is 0 Å². The van der Waals surface area contributed by atoms with Crippen LogP contribution >= 0.6 is 15.9 Å². The molecule has 0 spiro atoms. The minimum Gasteiger partial charge on any atom is -0.233 e. The largest absolute Gasteiger partial charge is 0.233 e. The standard InChI is InChI=1S/C12H10.CHBrN4/c1-3-7-11(8-4-1)12-9-5-2-6-10-12;2-1-3-5-6-4-1/h1-10H;(H,3,4,5,6). The number of nitrogens with one attached hydrogen (secondary N) is 1. The predicted octanol–water partition coefficient (Wildman–Crippen LogP) is 3.32. The van der Waals surface area contributed by atoms with Crippen molar-refractivity contribution in [1.82, 2.24) is 20.6 Å². The summed E-state index contributed by atoms with van der Waals surface area (Å²) in [6.07, 6.45) is 0. The highest BCUT2D eigenvalue weighted by Crippen LogP contribution is 2.17. The van der Waals surface area contributed by atoms with Crippen molar-refractivity contribution < 1.29 is 0 Å². The number of aromatic nitrogens is 4. The Morgan fingerprint density at radius 1 is 0.778 bits per heavy atom. The van der Waals surface area contributed by atoms with Crippen LogP contribution in [-0.2, 0) is 0 Å². The van der Waals surface area contributed by atoms with Crippen LogP contribution in [0.15, 0.2) is 65.4 Å². The molecule has 0 aliphatic carbocycles. The molecule has 0 fully saturated rings. The quantitative estimate of drug-likeness (QED) is 0.750. The van der Waals surface area contributed by atoms with E-state index >= 15 is 0 Å². The highest BCUT2D eigenvalue weighted by atomic mass is 79.9. The third-order valence-corrected chi connectivity index (χ3v) is 2.54. The molecule has 90 valence electrons.